The Kier molecular flexibility index (Phi) is 5.63. The van der Waals surface area contributed by atoms with Crippen molar-refractivity contribution in [2.75, 3.05) is 5.73 Å². The summed E-state index contributed by atoms with van der Waals surface area (Å²) in [5, 5.41) is 8.36. The van der Waals surface area contributed by atoms with E-state index in [0.717, 1.165) is 22.0 Å². The van der Waals surface area contributed by atoms with Crippen molar-refractivity contribution < 1.29 is 4.79 Å². The minimum absolute atomic E-state index is 0.0000154. The molecule has 0 aliphatic rings. The van der Waals surface area contributed by atoms with Crippen LogP contribution in [-0.4, -0.2) is 40.6 Å². The Labute approximate surface area is 207 Å². The summed E-state index contributed by atoms with van der Waals surface area (Å²) in [4.78, 5) is 35.8. The van der Waals surface area contributed by atoms with Gasteiger partial charge in [0.05, 0.1) is 16.7 Å². The lowest BCUT2D eigenvalue weighted by molar-refractivity contribution is 0.0904. The van der Waals surface area contributed by atoms with Gasteiger partial charge >= 0.3 is 0 Å². The van der Waals surface area contributed by atoms with E-state index in [1.54, 1.807) is 23.3 Å². The Morgan fingerprint density at radius 1 is 1.03 bits per heavy atom. The van der Waals surface area contributed by atoms with E-state index in [2.05, 4.69) is 30.4 Å². The van der Waals surface area contributed by atoms with Crippen molar-refractivity contribution in [3.63, 3.8) is 0 Å². The van der Waals surface area contributed by atoms with Gasteiger partial charge in [0, 0.05) is 42.8 Å². The highest BCUT2D eigenvalue weighted by Crippen LogP contribution is 2.31. The first-order valence-electron chi connectivity index (χ1n) is 11.4. The molecule has 4 aromatic heterocycles. The molecule has 4 heterocycles. The van der Waals surface area contributed by atoms with E-state index in [0.29, 0.717) is 22.9 Å². The number of carbonyl (C=O) groups excluding carboxylic acids is 1. The van der Waals surface area contributed by atoms with E-state index < -0.39 is 11.4 Å². The number of nitrogens with two attached hydrogens (primary N) is 1. The summed E-state index contributed by atoms with van der Waals surface area (Å²) < 4.78 is 1.67. The Hall–Kier alpha value is -4.73. The van der Waals surface area contributed by atoms with Crippen LogP contribution in [0.2, 0.25) is 0 Å². The molecule has 1 amide bonds. The number of anilines is 1. The molecule has 36 heavy (non-hydrogen) atoms. The lowest BCUT2D eigenvalue weighted by Gasteiger charge is -2.24. The second kappa shape index (κ2) is 8.81. The fourth-order valence-electron chi connectivity index (χ4n) is 3.87. The number of carbonyl (C=O) groups is 1. The predicted octanol–water partition coefficient (Wildman–Crippen LogP) is 3.44. The molecule has 5 aromatic rings. The van der Waals surface area contributed by atoms with Crippen LogP contribution in [0.1, 0.15) is 35.7 Å². The molecule has 0 aliphatic carbocycles. The number of nitrogens with one attached hydrogen (secondary N) is 1. The van der Waals surface area contributed by atoms with E-state index in [4.69, 9.17) is 10.7 Å². The van der Waals surface area contributed by atoms with Crippen LogP contribution < -0.4 is 11.1 Å². The minimum Gasteiger partial charge on any atom is -0.382 e. The molecule has 0 fully saturated rings. The largest absolute Gasteiger partial charge is 0.382 e. The molecule has 0 spiro atoms. The zero-order valence-corrected chi connectivity index (χ0v) is 20.4. The van der Waals surface area contributed by atoms with Crippen molar-refractivity contribution in [2.24, 2.45) is 7.05 Å². The normalized spacial score (nSPS) is 11.6. The Morgan fingerprint density at radius 2 is 1.81 bits per heavy atom. The number of rotatable bonds is 5. The van der Waals surface area contributed by atoms with Crippen molar-refractivity contribution in [1.29, 1.82) is 0 Å². The van der Waals surface area contributed by atoms with Crippen molar-refractivity contribution >= 4 is 22.6 Å². The van der Waals surface area contributed by atoms with Gasteiger partial charge in [-0.3, -0.25) is 14.5 Å². The van der Waals surface area contributed by atoms with E-state index in [1.165, 1.54) is 0 Å². The Balaban J connectivity index is 1.60. The zero-order valence-electron chi connectivity index (χ0n) is 20.4. The average molecular weight is 480 g/mol. The standard InChI is InChI=1S/C26H25N9O/c1-15-13-29-25(30-14-15)26(2,3)33-24(36)22-23(27)32-21(19-9-11-35(4)34-19)20(31-22)17-7-8-18-16(12-17)6-5-10-28-18/h5-14H,1-4H3,(H2,27,32)(H,33,36). The number of nitrogen functional groups attached to an aromatic ring is 1. The van der Waals surface area contributed by atoms with Gasteiger partial charge in [-0.05, 0) is 50.6 Å². The molecule has 0 aliphatic heterocycles. The molecule has 180 valence electrons. The van der Waals surface area contributed by atoms with Gasteiger partial charge in [-0.1, -0.05) is 12.1 Å². The first kappa shape index (κ1) is 23.0. The second-order valence-electron chi connectivity index (χ2n) is 9.10. The summed E-state index contributed by atoms with van der Waals surface area (Å²) in [5.41, 5.74) is 9.52. The van der Waals surface area contributed by atoms with E-state index in [1.807, 2.05) is 70.4 Å². The monoisotopic (exact) mass is 479 g/mol. The number of amides is 1. The number of benzene rings is 1. The third-order valence-corrected chi connectivity index (χ3v) is 5.74. The van der Waals surface area contributed by atoms with Gasteiger partial charge in [0.2, 0.25) is 0 Å². The SMILES string of the molecule is Cc1cnc(C(C)(C)NC(=O)c2nc(-c3ccc4ncccc4c3)c(-c3ccn(C)n3)nc2N)nc1. The fourth-order valence-corrected chi connectivity index (χ4v) is 3.87. The molecule has 0 atom stereocenters. The second-order valence-corrected chi connectivity index (χ2v) is 9.10. The summed E-state index contributed by atoms with van der Waals surface area (Å²) in [5.74, 6) is -0.00854. The first-order chi connectivity index (χ1) is 17.2. The highest BCUT2D eigenvalue weighted by Gasteiger charge is 2.29. The van der Waals surface area contributed by atoms with Gasteiger partial charge in [-0.15, -0.1) is 0 Å². The number of nitrogens with zero attached hydrogens (tertiary/aromatic N) is 7. The molecule has 5 rings (SSSR count). The number of hydrogen-bond acceptors (Lipinski definition) is 8. The van der Waals surface area contributed by atoms with E-state index >= 15 is 0 Å². The summed E-state index contributed by atoms with van der Waals surface area (Å²) in [6.07, 6.45) is 6.97. The van der Waals surface area contributed by atoms with Crippen LogP contribution in [0.15, 0.2) is 61.2 Å². The van der Waals surface area contributed by atoms with E-state index in [-0.39, 0.29) is 11.5 Å². The topological polar surface area (TPSA) is 137 Å². The summed E-state index contributed by atoms with van der Waals surface area (Å²) in [6.45, 7) is 5.54. The molecule has 0 saturated carbocycles. The third kappa shape index (κ3) is 4.36. The molecule has 0 radical (unpaired) electrons. The lowest BCUT2D eigenvalue weighted by Crippen LogP contribution is -2.43. The maximum absolute atomic E-state index is 13.4. The number of hydrogen-bond donors (Lipinski definition) is 2. The third-order valence-electron chi connectivity index (χ3n) is 5.74. The van der Waals surface area contributed by atoms with Gasteiger partial charge in [-0.25, -0.2) is 19.9 Å². The van der Waals surface area contributed by atoms with Crippen LogP contribution >= 0.6 is 0 Å². The number of pyridine rings is 1. The highest BCUT2D eigenvalue weighted by atomic mass is 16.2. The quantitative estimate of drug-likeness (QED) is 0.391. The molecule has 10 nitrogen and oxygen atoms in total. The molecular formula is C26H25N9O. The molecule has 1 aromatic carbocycles. The van der Waals surface area contributed by atoms with Crippen LogP contribution in [-0.2, 0) is 12.6 Å². The van der Waals surface area contributed by atoms with Gasteiger partial charge in [-0.2, -0.15) is 5.10 Å². The maximum Gasteiger partial charge on any atom is 0.274 e. The van der Waals surface area contributed by atoms with Crippen molar-refractivity contribution in [1.82, 2.24) is 40.0 Å². The van der Waals surface area contributed by atoms with Gasteiger partial charge in [0.15, 0.2) is 17.3 Å². The van der Waals surface area contributed by atoms with Crippen molar-refractivity contribution in [2.45, 2.75) is 26.3 Å². The van der Waals surface area contributed by atoms with Crippen LogP contribution in [0.3, 0.4) is 0 Å². The smallest absolute Gasteiger partial charge is 0.274 e. The minimum atomic E-state index is -0.868. The molecule has 0 unspecified atom stereocenters. The highest BCUT2D eigenvalue weighted by molar-refractivity contribution is 5.98. The summed E-state index contributed by atoms with van der Waals surface area (Å²) >= 11 is 0. The Morgan fingerprint density at radius 3 is 2.53 bits per heavy atom. The van der Waals surface area contributed by atoms with Gasteiger partial charge < -0.3 is 11.1 Å². The van der Waals surface area contributed by atoms with Crippen LogP contribution in [0.25, 0.3) is 33.5 Å². The molecule has 0 saturated heterocycles. The molecular weight excluding hydrogens is 454 g/mol. The van der Waals surface area contributed by atoms with Crippen LogP contribution in [0.5, 0.6) is 0 Å². The average Bonchev–Trinajstić information content (AvgIpc) is 3.29. The lowest BCUT2D eigenvalue weighted by atomic mass is 10.0. The van der Waals surface area contributed by atoms with Gasteiger partial charge in [0.1, 0.15) is 11.4 Å². The number of aromatic nitrogens is 7. The summed E-state index contributed by atoms with van der Waals surface area (Å²) in [6, 6.07) is 11.4. The number of fused-ring (bicyclic) bond motifs is 1. The first-order valence-corrected chi connectivity index (χ1v) is 11.4. The molecule has 0 bridgehead atoms. The van der Waals surface area contributed by atoms with Crippen molar-refractivity contribution in [3.8, 4) is 22.6 Å². The van der Waals surface area contributed by atoms with Crippen molar-refractivity contribution in [3.05, 3.63) is 78.3 Å². The van der Waals surface area contributed by atoms with Gasteiger partial charge in [0.25, 0.3) is 5.91 Å². The molecule has 3 N–H and O–H groups in total. The molecule has 10 heteroatoms. The van der Waals surface area contributed by atoms with Crippen LogP contribution in [0.4, 0.5) is 5.82 Å². The van der Waals surface area contributed by atoms with E-state index in [9.17, 15) is 4.79 Å². The van der Waals surface area contributed by atoms with Crippen LogP contribution in [0, 0.1) is 6.92 Å². The fraction of sp³-hybridized carbons (Fsp3) is 0.192. The Bertz CT molecular complexity index is 1590. The maximum atomic E-state index is 13.4. The number of aryl methyl sites for hydroxylation is 2. The zero-order chi connectivity index (χ0) is 25.4. The summed E-state index contributed by atoms with van der Waals surface area (Å²) in [7, 11) is 1.82. The predicted molar refractivity (Wildman–Crippen MR) is 137 cm³/mol.